The van der Waals surface area contributed by atoms with Gasteiger partial charge in [-0.05, 0) is 36.6 Å². The van der Waals surface area contributed by atoms with Crippen molar-refractivity contribution in [1.29, 1.82) is 0 Å². The average molecular weight is 267 g/mol. The van der Waals surface area contributed by atoms with Crippen LogP contribution in [0.15, 0.2) is 18.2 Å². The molecule has 0 spiro atoms. The number of benzene rings is 1. The number of alkyl halides is 1. The summed E-state index contributed by atoms with van der Waals surface area (Å²) < 4.78 is 0. The molecule has 0 N–H and O–H groups in total. The number of hydrogen-bond donors (Lipinski definition) is 0. The van der Waals surface area contributed by atoms with Crippen molar-refractivity contribution in [2.75, 3.05) is 5.33 Å². The van der Waals surface area contributed by atoms with E-state index in [1.54, 1.807) is 12.1 Å². The number of hydrogen-bond acceptors (Lipinski definition) is 0. The van der Waals surface area contributed by atoms with Gasteiger partial charge >= 0.3 is 0 Å². The van der Waals surface area contributed by atoms with Gasteiger partial charge < -0.3 is 0 Å². The summed E-state index contributed by atoms with van der Waals surface area (Å²) >= 11 is 15.1. The molecular formula is C9H8BrCl2. The van der Waals surface area contributed by atoms with Gasteiger partial charge in [-0.3, -0.25) is 0 Å². The molecule has 0 aliphatic carbocycles. The van der Waals surface area contributed by atoms with Crippen LogP contribution in [0.3, 0.4) is 0 Å². The first-order valence-electron chi connectivity index (χ1n) is 3.49. The van der Waals surface area contributed by atoms with Crippen molar-refractivity contribution < 1.29 is 0 Å². The number of halogens is 3. The molecule has 1 unspecified atom stereocenters. The fourth-order valence-electron chi connectivity index (χ4n) is 0.911. The Hall–Kier alpha value is 0.280. The van der Waals surface area contributed by atoms with E-state index in [2.05, 4.69) is 22.9 Å². The van der Waals surface area contributed by atoms with Crippen molar-refractivity contribution in [3.05, 3.63) is 40.7 Å². The molecule has 65 valence electrons. The molecule has 0 aliphatic rings. The highest BCUT2D eigenvalue weighted by Gasteiger charge is 2.08. The van der Waals surface area contributed by atoms with E-state index in [4.69, 9.17) is 23.2 Å². The third kappa shape index (κ3) is 2.38. The molecule has 12 heavy (non-hydrogen) atoms. The van der Waals surface area contributed by atoms with Gasteiger partial charge in [0.1, 0.15) is 0 Å². The van der Waals surface area contributed by atoms with Crippen molar-refractivity contribution in [3.63, 3.8) is 0 Å². The van der Waals surface area contributed by atoms with E-state index >= 15 is 0 Å². The Balaban J connectivity index is 3.04. The van der Waals surface area contributed by atoms with Crippen molar-refractivity contribution in [2.24, 2.45) is 0 Å². The van der Waals surface area contributed by atoms with E-state index in [0.717, 1.165) is 15.9 Å². The normalized spacial score (nSPS) is 13.0. The molecule has 0 aromatic heterocycles. The third-order valence-electron chi connectivity index (χ3n) is 1.58. The van der Waals surface area contributed by atoms with Crippen LogP contribution in [0.4, 0.5) is 0 Å². The Bertz CT molecular complexity index is 273. The van der Waals surface area contributed by atoms with Gasteiger partial charge in [-0.1, -0.05) is 39.1 Å². The summed E-state index contributed by atoms with van der Waals surface area (Å²) in [6.07, 6.45) is 0. The van der Waals surface area contributed by atoms with Crippen LogP contribution in [0.5, 0.6) is 0 Å². The largest absolute Gasteiger partial charge is 0.0921 e. The summed E-state index contributed by atoms with van der Waals surface area (Å²) in [7, 11) is 0. The van der Waals surface area contributed by atoms with E-state index in [1.807, 2.05) is 6.07 Å². The molecule has 1 aromatic carbocycles. The van der Waals surface area contributed by atoms with Gasteiger partial charge in [0.2, 0.25) is 0 Å². The van der Waals surface area contributed by atoms with Crippen LogP contribution in [0.1, 0.15) is 11.5 Å². The Morgan fingerprint density at radius 1 is 1.42 bits per heavy atom. The van der Waals surface area contributed by atoms with Crippen LogP contribution in [-0.4, -0.2) is 5.33 Å². The lowest BCUT2D eigenvalue weighted by atomic mass is 10.0. The summed E-state index contributed by atoms with van der Waals surface area (Å²) in [5.41, 5.74) is 0.987. The van der Waals surface area contributed by atoms with Gasteiger partial charge in [-0.25, -0.2) is 0 Å². The maximum atomic E-state index is 5.95. The molecular weight excluding hydrogens is 259 g/mol. The molecule has 0 heterocycles. The van der Waals surface area contributed by atoms with Gasteiger partial charge in [-0.15, -0.1) is 0 Å². The van der Waals surface area contributed by atoms with E-state index in [0.29, 0.717) is 5.02 Å². The van der Waals surface area contributed by atoms with E-state index in [1.165, 1.54) is 0 Å². The molecule has 1 aromatic rings. The Morgan fingerprint density at radius 3 is 2.67 bits per heavy atom. The zero-order valence-electron chi connectivity index (χ0n) is 6.36. The van der Waals surface area contributed by atoms with Gasteiger partial charge in [-0.2, -0.15) is 0 Å². The monoisotopic (exact) mass is 265 g/mol. The maximum Gasteiger partial charge on any atom is 0.0442 e. The smallest absolute Gasteiger partial charge is 0.0442 e. The SMILES string of the molecule is [CH2]C(CBr)c1cc(Cl)ccc1Cl. The van der Waals surface area contributed by atoms with Crippen LogP contribution in [-0.2, 0) is 0 Å². The fraction of sp³-hybridized carbons (Fsp3) is 0.222. The van der Waals surface area contributed by atoms with Gasteiger partial charge in [0.15, 0.2) is 0 Å². The molecule has 1 rings (SSSR count). The lowest BCUT2D eigenvalue weighted by Gasteiger charge is -2.09. The van der Waals surface area contributed by atoms with Gasteiger partial charge in [0.25, 0.3) is 0 Å². The minimum atomic E-state index is 0.149. The van der Waals surface area contributed by atoms with E-state index in [-0.39, 0.29) is 5.92 Å². The molecule has 0 nitrogen and oxygen atoms in total. The van der Waals surface area contributed by atoms with Crippen LogP contribution in [0.25, 0.3) is 0 Å². The second kappa shape index (κ2) is 4.50. The van der Waals surface area contributed by atoms with Gasteiger partial charge in [0.05, 0.1) is 0 Å². The van der Waals surface area contributed by atoms with Crippen LogP contribution < -0.4 is 0 Å². The van der Waals surface area contributed by atoms with Crippen LogP contribution in [0, 0.1) is 6.92 Å². The second-order valence-electron chi connectivity index (χ2n) is 2.52. The standard InChI is InChI=1S/C9H8BrCl2/c1-6(5-10)8-4-7(11)2-3-9(8)12/h2-4,6H,1,5H2. The molecule has 0 saturated carbocycles. The summed E-state index contributed by atoms with van der Waals surface area (Å²) in [6, 6.07) is 5.41. The minimum Gasteiger partial charge on any atom is -0.0921 e. The van der Waals surface area contributed by atoms with Crippen molar-refractivity contribution in [1.82, 2.24) is 0 Å². The summed E-state index contributed by atoms with van der Waals surface area (Å²) in [5.74, 6) is 0.149. The minimum absolute atomic E-state index is 0.149. The first kappa shape index (κ1) is 10.4. The van der Waals surface area contributed by atoms with Crippen molar-refractivity contribution in [2.45, 2.75) is 5.92 Å². The fourth-order valence-corrected chi connectivity index (χ4v) is 1.71. The Labute approximate surface area is 91.0 Å². The van der Waals surface area contributed by atoms with E-state index in [9.17, 15) is 0 Å². The molecule has 3 heteroatoms. The molecule has 1 radical (unpaired) electrons. The molecule has 0 bridgehead atoms. The predicted molar refractivity (Wildman–Crippen MR) is 58.4 cm³/mol. The van der Waals surface area contributed by atoms with Gasteiger partial charge in [0, 0.05) is 15.4 Å². The molecule has 0 aliphatic heterocycles. The Kier molecular flexibility index (Phi) is 3.88. The third-order valence-corrected chi connectivity index (χ3v) is 2.95. The summed E-state index contributed by atoms with van der Waals surface area (Å²) in [5, 5.41) is 2.20. The van der Waals surface area contributed by atoms with Crippen molar-refractivity contribution in [3.8, 4) is 0 Å². The van der Waals surface area contributed by atoms with E-state index < -0.39 is 0 Å². The van der Waals surface area contributed by atoms with Crippen molar-refractivity contribution >= 4 is 39.1 Å². The quantitative estimate of drug-likeness (QED) is 0.700. The second-order valence-corrected chi connectivity index (χ2v) is 4.01. The number of rotatable bonds is 2. The molecule has 0 fully saturated rings. The molecule has 1 atom stereocenters. The zero-order chi connectivity index (χ0) is 9.14. The lowest BCUT2D eigenvalue weighted by molar-refractivity contribution is 0.989. The lowest BCUT2D eigenvalue weighted by Crippen LogP contribution is -1.95. The summed E-state index contributed by atoms with van der Waals surface area (Å²) in [6.45, 7) is 3.94. The Morgan fingerprint density at radius 2 is 2.08 bits per heavy atom. The topological polar surface area (TPSA) is 0 Å². The first-order valence-corrected chi connectivity index (χ1v) is 5.37. The van der Waals surface area contributed by atoms with Crippen LogP contribution in [0.2, 0.25) is 10.0 Å². The molecule has 0 amide bonds. The predicted octanol–water partition coefficient (Wildman–Crippen LogP) is 4.31. The summed E-state index contributed by atoms with van der Waals surface area (Å²) in [4.78, 5) is 0. The maximum absolute atomic E-state index is 5.95. The van der Waals surface area contributed by atoms with Crippen LogP contribution >= 0.6 is 39.1 Å². The highest BCUT2D eigenvalue weighted by molar-refractivity contribution is 9.09. The highest BCUT2D eigenvalue weighted by Crippen LogP contribution is 2.28. The zero-order valence-corrected chi connectivity index (χ0v) is 9.46. The molecule has 0 saturated heterocycles. The highest BCUT2D eigenvalue weighted by atomic mass is 79.9. The average Bonchev–Trinajstić information content (AvgIpc) is 2.08. The first-order chi connectivity index (χ1) is 5.65.